The molecule has 0 bridgehead atoms. The van der Waals surface area contributed by atoms with Gasteiger partial charge in [0, 0.05) is 0 Å². The van der Waals surface area contributed by atoms with Crippen LogP contribution < -0.4 is 13.2 Å². The molecule has 1 aromatic carbocycles. The minimum atomic E-state index is -3.51. The van der Waals surface area contributed by atoms with Gasteiger partial charge in [0.25, 0.3) is 0 Å². The molecule has 1 aliphatic heterocycles. The van der Waals surface area contributed by atoms with Gasteiger partial charge in [0.15, 0.2) is 11.5 Å². The van der Waals surface area contributed by atoms with Crippen molar-refractivity contribution in [2.75, 3.05) is 0 Å². The smallest absolute Gasteiger partial charge is 0.395 e. The van der Waals surface area contributed by atoms with Crippen LogP contribution in [-0.2, 0) is 0 Å². The second-order valence-electron chi connectivity index (χ2n) is 2.58. The topological polar surface area (TPSA) is 18.5 Å². The first-order valence-corrected chi connectivity index (χ1v) is 8.16. The lowest BCUT2D eigenvalue weighted by atomic mass is 10.3. The van der Waals surface area contributed by atoms with Crippen LogP contribution in [0.4, 0.5) is 8.78 Å². The molecule has 0 atom stereocenters. The Kier molecular flexibility index (Phi) is 2.37. The molecular weight excluding hydrogens is 258 g/mol. The van der Waals surface area contributed by atoms with E-state index in [-0.39, 0.29) is 11.5 Å². The number of fused-ring (bicyclic) bond motifs is 1. The zero-order valence-corrected chi connectivity index (χ0v) is 9.39. The van der Waals surface area contributed by atoms with E-state index >= 15 is 0 Å². The lowest BCUT2D eigenvalue weighted by molar-refractivity contribution is -0.286. The SMILES string of the molecule is FC1(F)Oc2cc[c]([Mg][Br])cc2O1. The summed E-state index contributed by atoms with van der Waals surface area (Å²) in [5, 5.41) is 0. The van der Waals surface area contributed by atoms with Crippen LogP contribution in [0.5, 0.6) is 11.5 Å². The van der Waals surface area contributed by atoms with Crippen molar-refractivity contribution in [3.63, 3.8) is 0 Å². The first kappa shape index (κ1) is 9.48. The third-order valence-electron chi connectivity index (χ3n) is 1.62. The van der Waals surface area contributed by atoms with Crippen molar-refractivity contribution in [3.05, 3.63) is 18.2 Å². The maximum absolute atomic E-state index is 12.5. The van der Waals surface area contributed by atoms with Gasteiger partial charge in [-0.15, -0.1) is 12.5 Å². The molecule has 13 heavy (non-hydrogen) atoms. The minimum absolute atomic E-state index is 0.101. The van der Waals surface area contributed by atoms with Crippen molar-refractivity contribution in [3.8, 4) is 11.5 Å². The highest BCUT2D eigenvalue weighted by molar-refractivity contribution is 9.23. The van der Waals surface area contributed by atoms with E-state index < -0.39 is 24.5 Å². The maximum Gasteiger partial charge on any atom is 0.586 e. The monoisotopic (exact) mass is 260 g/mol. The average molecular weight is 261 g/mol. The van der Waals surface area contributed by atoms with Gasteiger partial charge in [-0.1, -0.05) is 6.07 Å². The summed E-state index contributed by atoms with van der Waals surface area (Å²) in [7, 11) is 0. The Labute approximate surface area is 88.8 Å². The lowest BCUT2D eigenvalue weighted by Gasteiger charge is -2.04. The van der Waals surface area contributed by atoms with Crippen molar-refractivity contribution in [1.29, 1.82) is 0 Å². The zero-order chi connectivity index (χ0) is 9.47. The Morgan fingerprint density at radius 3 is 2.62 bits per heavy atom. The Morgan fingerprint density at radius 1 is 1.23 bits per heavy atom. The summed E-state index contributed by atoms with van der Waals surface area (Å²) in [5.41, 5.74) is 0. The Balaban J connectivity index is 2.36. The summed E-state index contributed by atoms with van der Waals surface area (Å²) in [5.74, 6) is 0.221. The van der Waals surface area contributed by atoms with Crippen molar-refractivity contribution in [2.45, 2.75) is 6.29 Å². The van der Waals surface area contributed by atoms with Crippen LogP contribution in [0, 0.1) is 0 Å². The molecule has 0 aromatic heterocycles. The molecule has 0 unspecified atom stereocenters. The van der Waals surface area contributed by atoms with E-state index in [1.807, 2.05) is 0 Å². The standard InChI is InChI=1S/C7H3F2O2.BrH.Mg/c8-7(9)10-5-3-1-2-4-6(5)11-7;;/h1,3-4H;1H;/q;;+1/p-1. The molecule has 1 heterocycles. The molecule has 0 saturated heterocycles. The summed E-state index contributed by atoms with van der Waals surface area (Å²) in [6.45, 7) is 0. The van der Waals surface area contributed by atoms with Gasteiger partial charge in [-0.3, -0.25) is 12.9 Å². The number of rotatable bonds is 1. The summed E-state index contributed by atoms with van der Waals surface area (Å²) in [4.78, 5) is 0. The third-order valence-corrected chi connectivity index (χ3v) is 4.31. The van der Waals surface area contributed by atoms with Gasteiger partial charge in [-0.05, 0) is 12.1 Å². The molecule has 1 aromatic rings. The molecule has 0 spiro atoms. The normalized spacial score (nSPS) is 16.8. The van der Waals surface area contributed by atoms with Crippen LogP contribution in [0.25, 0.3) is 0 Å². The van der Waals surface area contributed by atoms with Crippen molar-refractivity contribution in [1.82, 2.24) is 0 Å². The van der Waals surface area contributed by atoms with Gasteiger partial charge in [-0.2, -0.15) is 0 Å². The van der Waals surface area contributed by atoms with Gasteiger partial charge in [0.2, 0.25) is 0 Å². The van der Waals surface area contributed by atoms with Crippen molar-refractivity contribution >= 4 is 34.8 Å². The first-order valence-electron chi connectivity index (χ1n) is 3.55. The molecule has 0 fully saturated rings. The predicted octanol–water partition coefficient (Wildman–Crippen LogP) is 1.65. The molecule has 0 N–H and O–H groups in total. The number of benzene rings is 1. The molecular formula is C7H3BrF2MgO2. The number of ether oxygens (including phenoxy) is 2. The van der Waals surface area contributed by atoms with E-state index in [0.717, 1.165) is 3.69 Å². The second kappa shape index (κ2) is 3.25. The van der Waals surface area contributed by atoms with Crippen molar-refractivity contribution < 1.29 is 18.3 Å². The highest BCUT2D eigenvalue weighted by Crippen LogP contribution is 2.39. The summed E-state index contributed by atoms with van der Waals surface area (Å²) < 4.78 is 34.6. The lowest BCUT2D eigenvalue weighted by Crippen LogP contribution is -2.26. The highest BCUT2D eigenvalue weighted by atomic mass is 79.9. The third kappa shape index (κ3) is 1.89. The predicted molar refractivity (Wildman–Crippen MR) is 47.0 cm³/mol. The largest absolute Gasteiger partial charge is 0.586 e. The Morgan fingerprint density at radius 2 is 1.92 bits per heavy atom. The van der Waals surface area contributed by atoms with Gasteiger partial charge < -0.3 is 9.47 Å². The summed E-state index contributed by atoms with van der Waals surface area (Å²) >= 11 is 2.82. The molecule has 0 amide bonds. The quantitative estimate of drug-likeness (QED) is 0.716. The fourth-order valence-corrected chi connectivity index (χ4v) is 2.59. The van der Waals surface area contributed by atoms with Crippen LogP contribution in [0.1, 0.15) is 0 Å². The maximum atomic E-state index is 12.5. The number of alkyl halides is 2. The zero-order valence-electron chi connectivity index (χ0n) is 6.39. The van der Waals surface area contributed by atoms with Crippen LogP contribution in [0.2, 0.25) is 0 Å². The number of hydrogen-bond acceptors (Lipinski definition) is 2. The van der Waals surface area contributed by atoms with E-state index in [1.54, 1.807) is 12.1 Å². The molecule has 0 aliphatic carbocycles. The van der Waals surface area contributed by atoms with Crippen LogP contribution >= 0.6 is 12.9 Å². The fraction of sp³-hybridized carbons (Fsp3) is 0.143. The fourth-order valence-electron chi connectivity index (χ4n) is 1.08. The molecule has 0 saturated carbocycles. The first-order chi connectivity index (χ1) is 6.11. The molecule has 0 radical (unpaired) electrons. The van der Waals surface area contributed by atoms with Gasteiger partial charge in [0.1, 0.15) is 0 Å². The number of hydrogen-bond donors (Lipinski definition) is 0. The van der Waals surface area contributed by atoms with Crippen molar-refractivity contribution in [2.24, 2.45) is 0 Å². The molecule has 6 heteroatoms. The summed E-state index contributed by atoms with van der Waals surface area (Å²) in [6.07, 6.45) is -3.51. The van der Waals surface area contributed by atoms with Crippen LogP contribution in [-0.4, -0.2) is 24.5 Å². The Hall–Kier alpha value is -0.0738. The van der Waals surface area contributed by atoms with Gasteiger partial charge >= 0.3 is 24.5 Å². The highest BCUT2D eigenvalue weighted by Gasteiger charge is 2.43. The van der Waals surface area contributed by atoms with E-state index in [0.29, 0.717) is 0 Å². The van der Waals surface area contributed by atoms with Gasteiger partial charge in [-0.25, -0.2) is 0 Å². The van der Waals surface area contributed by atoms with E-state index in [2.05, 4.69) is 22.4 Å². The number of halogens is 3. The molecule has 66 valence electrons. The average Bonchev–Trinajstić information content (AvgIpc) is 2.36. The van der Waals surface area contributed by atoms with E-state index in [4.69, 9.17) is 0 Å². The molecule has 2 nitrogen and oxygen atoms in total. The minimum Gasteiger partial charge on any atom is -0.395 e. The van der Waals surface area contributed by atoms with E-state index in [9.17, 15) is 8.78 Å². The molecule has 2 rings (SSSR count). The van der Waals surface area contributed by atoms with Gasteiger partial charge in [0.05, 0.1) is 0 Å². The summed E-state index contributed by atoms with van der Waals surface area (Å²) in [6, 6.07) is 4.83. The van der Waals surface area contributed by atoms with Crippen LogP contribution in [0.3, 0.4) is 0 Å². The van der Waals surface area contributed by atoms with E-state index in [1.165, 1.54) is 6.07 Å². The van der Waals surface area contributed by atoms with Crippen LogP contribution in [0.15, 0.2) is 18.2 Å². The second-order valence-corrected chi connectivity index (χ2v) is 5.35. The Bertz CT molecular complexity index is 345. The molecule has 1 aliphatic rings.